The van der Waals surface area contributed by atoms with Gasteiger partial charge in [0, 0.05) is 46.6 Å². The number of pyridine rings is 1. The molecule has 6 heteroatoms. The van der Waals surface area contributed by atoms with Crippen LogP contribution in [0.1, 0.15) is 70.5 Å². The van der Waals surface area contributed by atoms with Gasteiger partial charge in [0.15, 0.2) is 6.10 Å². The van der Waals surface area contributed by atoms with E-state index in [0.29, 0.717) is 11.3 Å². The lowest BCUT2D eigenvalue weighted by Gasteiger charge is -2.41. The number of hydrogen-bond acceptors (Lipinski definition) is 5. The Balaban J connectivity index is 2.01. The summed E-state index contributed by atoms with van der Waals surface area (Å²) in [6.45, 7) is 15.8. The second-order valence-corrected chi connectivity index (χ2v) is 11.2. The molecule has 1 aliphatic rings. The zero-order chi connectivity index (χ0) is 24.8. The Bertz CT molecular complexity index is 1210. The third kappa shape index (κ3) is 4.69. The lowest BCUT2D eigenvalue weighted by atomic mass is 9.81. The number of para-hydroxylation sites is 1. The first kappa shape index (κ1) is 24.3. The smallest absolute Gasteiger partial charge is 0.337 e. The molecule has 0 unspecified atom stereocenters. The van der Waals surface area contributed by atoms with Crippen molar-refractivity contribution in [2.24, 2.45) is 5.41 Å². The lowest BCUT2D eigenvalue weighted by Crippen LogP contribution is -2.39. The van der Waals surface area contributed by atoms with Crippen LogP contribution in [0.25, 0.3) is 22.1 Å². The van der Waals surface area contributed by atoms with Crippen LogP contribution >= 0.6 is 0 Å². The number of anilines is 1. The number of benzene rings is 1. The molecule has 0 spiro atoms. The highest BCUT2D eigenvalue weighted by Crippen LogP contribution is 2.46. The Morgan fingerprint density at radius 2 is 1.79 bits per heavy atom. The largest absolute Gasteiger partial charge is 0.479 e. The van der Waals surface area contributed by atoms with Crippen LogP contribution < -0.4 is 4.90 Å². The van der Waals surface area contributed by atoms with Crippen LogP contribution in [0.5, 0.6) is 0 Å². The standard InChI is InChI=1S/C28H36N2O4/c1-17-22(20-16-33-21-11-9-8-10-19(20)21)24(30-14-12-28(6,7)13-15-30)23(18(2)29-17)25(26(31)32)34-27(3,4)5/h8-11,16,25H,12-15H2,1-7H3,(H,31,32)/t25-/m0/s1. The number of furan rings is 1. The maximum atomic E-state index is 12.6. The van der Waals surface area contributed by atoms with Gasteiger partial charge in [0.1, 0.15) is 5.58 Å². The highest BCUT2D eigenvalue weighted by atomic mass is 16.5. The summed E-state index contributed by atoms with van der Waals surface area (Å²) in [4.78, 5) is 19.7. The molecule has 0 radical (unpaired) electrons. The highest BCUT2D eigenvalue weighted by molar-refractivity contribution is 5.99. The van der Waals surface area contributed by atoms with Crippen molar-refractivity contribution >= 4 is 22.6 Å². The number of aliphatic carboxylic acids is 1. The van der Waals surface area contributed by atoms with Crippen LogP contribution in [0.4, 0.5) is 5.69 Å². The number of carboxylic acid groups (broad SMARTS) is 1. The number of ether oxygens (including phenoxy) is 1. The predicted molar refractivity (Wildman–Crippen MR) is 135 cm³/mol. The average Bonchev–Trinajstić information content (AvgIpc) is 3.15. The van der Waals surface area contributed by atoms with Crippen LogP contribution in [-0.4, -0.2) is 34.8 Å². The SMILES string of the molecule is Cc1nc(C)c([C@H](OC(C)(C)C)C(=O)O)c(N2CCC(C)(C)CC2)c1-c1coc2ccccc12. The van der Waals surface area contributed by atoms with Crippen molar-refractivity contribution in [3.63, 3.8) is 0 Å². The minimum absolute atomic E-state index is 0.254. The minimum Gasteiger partial charge on any atom is -0.479 e. The summed E-state index contributed by atoms with van der Waals surface area (Å²) in [5.41, 5.74) is 5.35. The fourth-order valence-electron chi connectivity index (χ4n) is 4.90. The van der Waals surface area contributed by atoms with Gasteiger partial charge in [-0.25, -0.2) is 4.79 Å². The third-order valence-electron chi connectivity index (χ3n) is 6.72. The van der Waals surface area contributed by atoms with Gasteiger partial charge in [0.25, 0.3) is 0 Å². The third-order valence-corrected chi connectivity index (χ3v) is 6.72. The molecule has 3 heterocycles. The van der Waals surface area contributed by atoms with E-state index in [-0.39, 0.29) is 5.41 Å². The van der Waals surface area contributed by atoms with Gasteiger partial charge in [0.2, 0.25) is 0 Å². The van der Waals surface area contributed by atoms with Gasteiger partial charge in [-0.2, -0.15) is 0 Å². The Morgan fingerprint density at radius 3 is 2.41 bits per heavy atom. The molecule has 0 bridgehead atoms. The van der Waals surface area contributed by atoms with Gasteiger partial charge in [-0.1, -0.05) is 32.0 Å². The summed E-state index contributed by atoms with van der Waals surface area (Å²) in [5, 5.41) is 11.3. The van der Waals surface area contributed by atoms with Gasteiger partial charge in [-0.3, -0.25) is 4.98 Å². The molecule has 182 valence electrons. The summed E-state index contributed by atoms with van der Waals surface area (Å²) >= 11 is 0. The number of aryl methyl sites for hydroxylation is 2. The number of fused-ring (bicyclic) bond motifs is 1. The molecule has 3 aromatic rings. The molecule has 0 aliphatic carbocycles. The topological polar surface area (TPSA) is 75.8 Å². The van der Waals surface area contributed by atoms with E-state index in [1.165, 1.54) is 0 Å². The first-order valence-electron chi connectivity index (χ1n) is 12.0. The fourth-order valence-corrected chi connectivity index (χ4v) is 4.90. The number of piperidine rings is 1. The molecule has 6 nitrogen and oxygen atoms in total. The summed E-state index contributed by atoms with van der Waals surface area (Å²) in [7, 11) is 0. The molecular weight excluding hydrogens is 428 g/mol. The molecule has 1 aliphatic heterocycles. The van der Waals surface area contributed by atoms with Gasteiger partial charge in [-0.15, -0.1) is 0 Å². The number of hydrogen-bond donors (Lipinski definition) is 1. The second-order valence-electron chi connectivity index (χ2n) is 11.2. The van der Waals surface area contributed by atoms with Crippen molar-refractivity contribution in [1.82, 2.24) is 4.98 Å². The Hall–Kier alpha value is -2.86. The number of rotatable bonds is 5. The quantitative estimate of drug-likeness (QED) is 0.454. The van der Waals surface area contributed by atoms with Gasteiger partial charge in [0.05, 0.1) is 17.6 Å². The molecule has 0 amide bonds. The van der Waals surface area contributed by atoms with E-state index >= 15 is 0 Å². The molecule has 1 saturated heterocycles. The molecule has 4 rings (SSSR count). The van der Waals surface area contributed by atoms with Crippen LogP contribution in [0, 0.1) is 19.3 Å². The van der Waals surface area contributed by atoms with Crippen molar-refractivity contribution in [1.29, 1.82) is 0 Å². The van der Waals surface area contributed by atoms with E-state index in [0.717, 1.165) is 59.4 Å². The van der Waals surface area contributed by atoms with E-state index in [1.807, 2.05) is 58.9 Å². The van der Waals surface area contributed by atoms with Crippen molar-refractivity contribution < 1.29 is 19.1 Å². The highest BCUT2D eigenvalue weighted by Gasteiger charge is 2.37. The van der Waals surface area contributed by atoms with Crippen molar-refractivity contribution in [2.45, 2.75) is 73.0 Å². The monoisotopic (exact) mass is 464 g/mol. The Morgan fingerprint density at radius 1 is 1.15 bits per heavy atom. The molecule has 1 atom stereocenters. The zero-order valence-corrected chi connectivity index (χ0v) is 21.4. The first-order chi connectivity index (χ1) is 15.9. The van der Waals surface area contributed by atoms with Crippen molar-refractivity contribution in [3.05, 3.63) is 47.5 Å². The van der Waals surface area contributed by atoms with Crippen LogP contribution in [0.15, 0.2) is 34.9 Å². The van der Waals surface area contributed by atoms with E-state index in [1.54, 1.807) is 6.26 Å². The number of nitrogens with zero attached hydrogens (tertiary/aromatic N) is 2. The molecule has 0 saturated carbocycles. The van der Waals surface area contributed by atoms with Crippen LogP contribution in [0.2, 0.25) is 0 Å². The summed E-state index contributed by atoms with van der Waals surface area (Å²) in [5.74, 6) is -1.01. The predicted octanol–water partition coefficient (Wildman–Crippen LogP) is 6.68. The van der Waals surface area contributed by atoms with Crippen molar-refractivity contribution in [3.8, 4) is 11.1 Å². The zero-order valence-electron chi connectivity index (χ0n) is 21.4. The Kier molecular flexibility index (Phi) is 6.23. The van der Waals surface area contributed by atoms with Crippen LogP contribution in [0.3, 0.4) is 0 Å². The average molecular weight is 465 g/mol. The molecule has 34 heavy (non-hydrogen) atoms. The van der Waals surface area contributed by atoms with E-state index in [4.69, 9.17) is 14.1 Å². The van der Waals surface area contributed by atoms with Crippen LogP contribution in [-0.2, 0) is 9.53 Å². The summed E-state index contributed by atoms with van der Waals surface area (Å²) in [6.07, 6.45) is 2.69. The summed E-state index contributed by atoms with van der Waals surface area (Å²) < 4.78 is 12.0. The number of carbonyl (C=O) groups is 1. The number of aromatic nitrogens is 1. The van der Waals surface area contributed by atoms with E-state index in [2.05, 4.69) is 18.7 Å². The second kappa shape index (κ2) is 8.73. The maximum Gasteiger partial charge on any atom is 0.337 e. The van der Waals surface area contributed by atoms with Gasteiger partial charge < -0.3 is 19.2 Å². The lowest BCUT2D eigenvalue weighted by molar-refractivity contribution is -0.160. The molecule has 1 N–H and O–H groups in total. The fraction of sp³-hybridized carbons (Fsp3) is 0.500. The molecule has 2 aromatic heterocycles. The van der Waals surface area contributed by atoms with Gasteiger partial charge in [-0.05, 0) is 58.9 Å². The molecule has 1 aromatic carbocycles. The Labute approximate surface area is 201 Å². The van der Waals surface area contributed by atoms with E-state index in [9.17, 15) is 9.90 Å². The number of carboxylic acids is 1. The molecular formula is C28H36N2O4. The minimum atomic E-state index is -1.13. The van der Waals surface area contributed by atoms with E-state index < -0.39 is 17.7 Å². The summed E-state index contributed by atoms with van der Waals surface area (Å²) in [6, 6.07) is 7.93. The van der Waals surface area contributed by atoms with Crippen molar-refractivity contribution in [2.75, 3.05) is 18.0 Å². The van der Waals surface area contributed by atoms with Gasteiger partial charge >= 0.3 is 5.97 Å². The normalized spacial score (nSPS) is 17.2. The first-order valence-corrected chi connectivity index (χ1v) is 12.0. The maximum absolute atomic E-state index is 12.6. The molecule has 1 fully saturated rings.